The molecule has 0 spiro atoms. The zero-order valence-electron chi connectivity index (χ0n) is 13.6. The normalized spacial score (nSPS) is 17.5. The van der Waals surface area contributed by atoms with E-state index in [-0.39, 0.29) is 0 Å². The van der Waals surface area contributed by atoms with Crippen molar-refractivity contribution in [1.82, 2.24) is 0 Å². The van der Waals surface area contributed by atoms with Gasteiger partial charge in [-0.1, -0.05) is 0 Å². The zero-order valence-corrected chi connectivity index (χ0v) is 16.8. The van der Waals surface area contributed by atoms with Crippen LogP contribution in [-0.4, -0.2) is 3.59 Å². The number of halogens is 1. The van der Waals surface area contributed by atoms with Gasteiger partial charge in [0.05, 0.1) is 0 Å². The summed E-state index contributed by atoms with van der Waals surface area (Å²) in [5, 5.41) is 0. The van der Waals surface area contributed by atoms with Gasteiger partial charge in [0, 0.05) is 0 Å². The third-order valence-corrected chi connectivity index (χ3v) is 12.9. The molecule has 0 fully saturated rings. The van der Waals surface area contributed by atoms with Gasteiger partial charge in [0.1, 0.15) is 0 Å². The molecule has 0 aliphatic heterocycles. The van der Waals surface area contributed by atoms with Crippen molar-refractivity contribution in [1.29, 1.82) is 0 Å². The van der Waals surface area contributed by atoms with Gasteiger partial charge in [-0.2, -0.15) is 0 Å². The van der Waals surface area contributed by atoms with Crippen molar-refractivity contribution >= 4 is 11.6 Å². The fraction of sp³-hybridized carbons (Fsp3) is 0.579. The molecule has 2 heteroatoms. The summed E-state index contributed by atoms with van der Waals surface area (Å²) in [5.74, 6) is 0. The van der Waals surface area contributed by atoms with Crippen molar-refractivity contribution < 1.29 is 21.8 Å². The van der Waals surface area contributed by atoms with Gasteiger partial charge in [0.2, 0.25) is 0 Å². The first-order chi connectivity index (χ1) is 10.3. The summed E-state index contributed by atoms with van der Waals surface area (Å²) in [5.41, 5.74) is 3.31. The third-order valence-electron chi connectivity index (χ3n) is 4.52. The summed E-state index contributed by atoms with van der Waals surface area (Å²) < 4.78 is 4.53. The van der Waals surface area contributed by atoms with Crippen LogP contribution in [0.15, 0.2) is 42.0 Å². The maximum absolute atomic E-state index is 6.49. The molecule has 0 amide bonds. The minimum absolute atomic E-state index is 0.932. The Hall–Kier alpha value is 0.133. The van der Waals surface area contributed by atoms with Crippen LogP contribution in [0, 0.1) is 0 Å². The predicted octanol–water partition coefficient (Wildman–Crippen LogP) is 6.61. The van der Waals surface area contributed by atoms with Crippen LogP contribution in [0.5, 0.6) is 0 Å². The van der Waals surface area contributed by atoms with E-state index in [9.17, 15) is 0 Å². The Morgan fingerprint density at radius 2 is 1.38 bits per heavy atom. The summed E-state index contributed by atoms with van der Waals surface area (Å²) in [6.45, 7) is 4.57. The van der Waals surface area contributed by atoms with Gasteiger partial charge in [-0.05, 0) is 0 Å². The number of allylic oxidation sites excluding steroid dienone is 8. The molecule has 0 aromatic heterocycles. The van der Waals surface area contributed by atoms with E-state index in [1.807, 2.05) is 0 Å². The van der Waals surface area contributed by atoms with Gasteiger partial charge in [-0.25, -0.2) is 0 Å². The summed E-state index contributed by atoms with van der Waals surface area (Å²) in [6, 6.07) is 0. The molecule has 0 aromatic carbocycles. The van der Waals surface area contributed by atoms with E-state index in [1.165, 1.54) is 51.4 Å². The first-order valence-electron chi connectivity index (χ1n) is 8.51. The molecule has 115 valence electrons. The second-order valence-electron chi connectivity index (χ2n) is 6.04. The van der Waals surface area contributed by atoms with Gasteiger partial charge >= 0.3 is 144 Å². The summed E-state index contributed by atoms with van der Waals surface area (Å²) in [7, 11) is 0. The molecule has 2 rings (SSSR count). The molecule has 21 heavy (non-hydrogen) atoms. The van der Waals surface area contributed by atoms with E-state index in [0.29, 0.717) is 0 Å². The van der Waals surface area contributed by atoms with Gasteiger partial charge in [0.15, 0.2) is 0 Å². The van der Waals surface area contributed by atoms with Gasteiger partial charge in [-0.15, -0.1) is 0 Å². The molecule has 0 atom stereocenters. The number of alkyl halides is 1. The van der Waals surface area contributed by atoms with Crippen molar-refractivity contribution in [2.24, 2.45) is 0 Å². The van der Waals surface area contributed by atoms with Gasteiger partial charge in [0.25, 0.3) is 0 Å². The van der Waals surface area contributed by atoms with E-state index < -0.39 is 21.8 Å². The van der Waals surface area contributed by atoms with Crippen LogP contribution < -0.4 is 0 Å². The number of hydrogen-bond acceptors (Lipinski definition) is 0. The van der Waals surface area contributed by atoms with E-state index >= 15 is 0 Å². The molecule has 0 nitrogen and oxygen atoms in total. The van der Waals surface area contributed by atoms with Crippen LogP contribution in [0.2, 0.25) is 0 Å². The average Bonchev–Trinajstić information content (AvgIpc) is 3.14. The molecule has 0 N–H and O–H groups in total. The molecule has 0 saturated carbocycles. The van der Waals surface area contributed by atoms with Crippen molar-refractivity contribution in [3.63, 3.8) is 0 Å². The van der Waals surface area contributed by atoms with Crippen LogP contribution in [0.3, 0.4) is 0 Å². The summed E-state index contributed by atoms with van der Waals surface area (Å²) in [4.78, 5) is 0. The number of unbranched alkanes of at least 4 members (excludes halogenated alkanes) is 2. The van der Waals surface area contributed by atoms with Gasteiger partial charge < -0.3 is 0 Å². The van der Waals surface area contributed by atoms with E-state index in [2.05, 4.69) is 38.2 Å². The number of rotatable bonds is 9. The molecule has 0 aromatic rings. The molecule has 2 aliphatic carbocycles. The van der Waals surface area contributed by atoms with E-state index in [1.54, 1.807) is 17.7 Å². The fourth-order valence-electron chi connectivity index (χ4n) is 3.28. The molecule has 0 saturated heterocycles. The monoisotopic (exact) mass is 381 g/mol. The Balaban J connectivity index is 2.19. The zero-order chi connectivity index (χ0) is 15.1. The maximum atomic E-state index is 6.49. The molecular formula is C19H28ClZr. The first kappa shape index (κ1) is 17.5. The molecular weight excluding hydrogens is 355 g/mol. The quantitative estimate of drug-likeness (QED) is 0.393. The fourth-order valence-corrected chi connectivity index (χ4v) is 11.6. The van der Waals surface area contributed by atoms with Crippen LogP contribution in [0.1, 0.15) is 65.2 Å². The molecule has 0 bridgehead atoms. The van der Waals surface area contributed by atoms with E-state index in [4.69, 9.17) is 11.6 Å². The summed E-state index contributed by atoms with van der Waals surface area (Å²) >= 11 is 4.71. The predicted molar refractivity (Wildman–Crippen MR) is 91.3 cm³/mol. The molecule has 0 radical (unpaired) electrons. The van der Waals surface area contributed by atoms with Crippen LogP contribution >= 0.6 is 11.6 Å². The molecule has 0 heterocycles. The Morgan fingerprint density at radius 1 is 0.905 bits per heavy atom. The van der Waals surface area contributed by atoms with Crippen molar-refractivity contribution in [2.75, 3.05) is 3.59 Å². The average molecular weight is 383 g/mol. The minimum atomic E-state index is -1.78. The third kappa shape index (κ3) is 4.55. The summed E-state index contributed by atoms with van der Waals surface area (Å²) in [6.07, 6.45) is 19.7. The van der Waals surface area contributed by atoms with Gasteiger partial charge in [-0.3, -0.25) is 0 Å². The van der Waals surface area contributed by atoms with Crippen LogP contribution in [0.4, 0.5) is 0 Å². The Kier molecular flexibility index (Phi) is 7.75. The first-order valence-corrected chi connectivity index (χ1v) is 13.2. The Bertz CT molecular complexity index is 426. The topological polar surface area (TPSA) is 0 Å². The second-order valence-corrected chi connectivity index (χ2v) is 13.6. The van der Waals surface area contributed by atoms with Crippen molar-refractivity contribution in [3.8, 4) is 0 Å². The Morgan fingerprint density at radius 3 is 1.76 bits per heavy atom. The standard InChI is InChI=1S/2C9H13.CH2Cl.Zr/c2*1-2-3-6-9-7-4-5-8-9;1-2;/h2*4,7H,2-3,5-6H2,1H3;1H2;. The van der Waals surface area contributed by atoms with Crippen LogP contribution in [-0.2, 0) is 21.8 Å². The van der Waals surface area contributed by atoms with Crippen LogP contribution in [0.25, 0.3) is 0 Å². The SMILES string of the molecule is CCCCC1=[C]([Zr]([CH2]Cl)[C]2=C(CCCC)C=CC2)CC=C1. The van der Waals surface area contributed by atoms with Crippen molar-refractivity contribution in [2.45, 2.75) is 65.2 Å². The van der Waals surface area contributed by atoms with Crippen molar-refractivity contribution in [3.05, 3.63) is 42.0 Å². The van der Waals surface area contributed by atoms with E-state index in [0.717, 1.165) is 3.59 Å². The number of hydrogen-bond donors (Lipinski definition) is 0. The Labute approximate surface area is 143 Å². The second kappa shape index (κ2) is 9.31. The molecule has 0 unspecified atom stereocenters. The molecule has 2 aliphatic rings.